The van der Waals surface area contributed by atoms with Crippen LogP contribution in [-0.2, 0) is 13.7 Å². The zero-order chi connectivity index (χ0) is 23.5. The first kappa shape index (κ1) is 23.9. The smallest absolute Gasteiger partial charge is 0.341 e. The molecule has 3 heterocycles. The molecule has 0 spiro atoms. The molecule has 1 amide bonds. The first-order valence-corrected chi connectivity index (χ1v) is 12.1. The highest BCUT2D eigenvalue weighted by Crippen LogP contribution is 2.31. The number of likely N-dealkylation sites (tertiary alicyclic amines) is 2. The average Bonchev–Trinajstić information content (AvgIpc) is 3.16. The predicted octanol–water partition coefficient (Wildman–Crippen LogP) is 4.70. The second kappa shape index (κ2) is 10.4. The fourth-order valence-electron chi connectivity index (χ4n) is 4.80. The lowest BCUT2D eigenvalue weighted by molar-refractivity contribution is 0.0577. The molecular formula is C24H29Cl2N3O4. The molecule has 2 saturated heterocycles. The highest BCUT2D eigenvalue weighted by molar-refractivity contribution is 6.42. The number of carboxylic acids is 1. The Morgan fingerprint density at radius 1 is 1.06 bits per heavy atom. The second-order valence-electron chi connectivity index (χ2n) is 8.79. The van der Waals surface area contributed by atoms with Crippen LogP contribution in [0.4, 0.5) is 0 Å². The zero-order valence-corrected chi connectivity index (χ0v) is 20.2. The van der Waals surface area contributed by atoms with E-state index >= 15 is 0 Å². The topological polar surface area (TPSA) is 75.0 Å². The lowest BCUT2D eigenvalue weighted by Crippen LogP contribution is -2.48. The van der Waals surface area contributed by atoms with Crippen LogP contribution in [0.2, 0.25) is 10.0 Å². The van der Waals surface area contributed by atoms with Gasteiger partial charge in [-0.3, -0.25) is 4.79 Å². The van der Waals surface area contributed by atoms with Crippen LogP contribution in [0, 0.1) is 0 Å². The van der Waals surface area contributed by atoms with Crippen LogP contribution in [0.1, 0.15) is 58.5 Å². The van der Waals surface area contributed by atoms with Gasteiger partial charge >= 0.3 is 5.97 Å². The van der Waals surface area contributed by atoms with Gasteiger partial charge in [0, 0.05) is 32.4 Å². The molecule has 2 aromatic rings. The molecule has 2 aliphatic rings. The molecule has 2 aliphatic heterocycles. The van der Waals surface area contributed by atoms with Gasteiger partial charge in [0.1, 0.15) is 12.2 Å². The number of aromatic nitrogens is 1. The average molecular weight is 494 g/mol. The van der Waals surface area contributed by atoms with Gasteiger partial charge in [-0.25, -0.2) is 4.79 Å². The van der Waals surface area contributed by atoms with Gasteiger partial charge in [0.25, 0.3) is 5.91 Å². The van der Waals surface area contributed by atoms with E-state index in [2.05, 4.69) is 4.90 Å². The monoisotopic (exact) mass is 493 g/mol. The van der Waals surface area contributed by atoms with Crippen molar-refractivity contribution in [2.45, 2.75) is 44.8 Å². The molecule has 1 aromatic carbocycles. The summed E-state index contributed by atoms with van der Waals surface area (Å²) in [6, 6.07) is 5.59. The molecule has 7 nitrogen and oxygen atoms in total. The number of rotatable bonds is 6. The van der Waals surface area contributed by atoms with Crippen LogP contribution < -0.4 is 4.74 Å². The van der Waals surface area contributed by atoms with Gasteiger partial charge in [0.2, 0.25) is 0 Å². The molecule has 9 heteroatoms. The van der Waals surface area contributed by atoms with Crippen LogP contribution in [0.3, 0.4) is 0 Å². The van der Waals surface area contributed by atoms with Crippen LogP contribution in [0.5, 0.6) is 5.75 Å². The molecule has 0 unspecified atom stereocenters. The minimum atomic E-state index is -1.14. The largest absolute Gasteiger partial charge is 0.486 e. The van der Waals surface area contributed by atoms with Gasteiger partial charge in [-0.05, 0) is 56.5 Å². The first-order chi connectivity index (χ1) is 15.8. The van der Waals surface area contributed by atoms with Crippen molar-refractivity contribution < 1.29 is 19.4 Å². The van der Waals surface area contributed by atoms with Crippen molar-refractivity contribution in [1.29, 1.82) is 0 Å². The van der Waals surface area contributed by atoms with Gasteiger partial charge in [-0.15, -0.1) is 0 Å². The van der Waals surface area contributed by atoms with Crippen LogP contribution >= 0.6 is 23.2 Å². The van der Waals surface area contributed by atoms with Crippen molar-refractivity contribution in [2.75, 3.05) is 26.2 Å². The number of hydrogen-bond donors (Lipinski definition) is 1. The molecule has 0 atom stereocenters. The summed E-state index contributed by atoms with van der Waals surface area (Å²) in [7, 11) is 1.67. The van der Waals surface area contributed by atoms with Gasteiger partial charge < -0.3 is 24.2 Å². The van der Waals surface area contributed by atoms with Crippen LogP contribution in [-0.4, -0.2) is 63.6 Å². The molecule has 0 saturated carbocycles. The zero-order valence-electron chi connectivity index (χ0n) is 18.7. The Kier molecular flexibility index (Phi) is 7.51. The van der Waals surface area contributed by atoms with Crippen molar-refractivity contribution in [3.63, 3.8) is 0 Å². The SMILES string of the molecule is Cn1cc(C(=O)O)c(OCc2ccc(Cl)c(Cl)c2)c1C(=O)N1CCC(N2CCCCC2)CC1. The summed E-state index contributed by atoms with van der Waals surface area (Å²) in [6.45, 7) is 3.66. The normalized spacial score (nSPS) is 17.8. The lowest BCUT2D eigenvalue weighted by atomic mass is 9.99. The molecule has 2 fully saturated rings. The molecule has 1 aromatic heterocycles. The fourth-order valence-corrected chi connectivity index (χ4v) is 5.12. The number of amides is 1. The van der Waals surface area contributed by atoms with Gasteiger partial charge in [-0.1, -0.05) is 35.7 Å². The van der Waals surface area contributed by atoms with E-state index in [-0.39, 0.29) is 29.5 Å². The van der Waals surface area contributed by atoms with E-state index in [0.717, 1.165) is 31.5 Å². The van der Waals surface area contributed by atoms with Gasteiger partial charge in [0.05, 0.1) is 10.0 Å². The molecule has 4 rings (SSSR count). The summed E-state index contributed by atoms with van der Waals surface area (Å²) < 4.78 is 7.45. The van der Waals surface area contributed by atoms with E-state index in [1.54, 1.807) is 29.8 Å². The number of nitrogens with zero attached hydrogens (tertiary/aromatic N) is 3. The number of benzene rings is 1. The van der Waals surface area contributed by atoms with Crippen molar-refractivity contribution >= 4 is 35.1 Å². The number of ether oxygens (including phenoxy) is 1. The number of carbonyl (C=O) groups excluding carboxylic acids is 1. The molecule has 33 heavy (non-hydrogen) atoms. The molecule has 0 radical (unpaired) electrons. The third-order valence-electron chi connectivity index (χ3n) is 6.59. The standard InChI is InChI=1S/C24H29Cl2N3O4/c1-27-14-18(24(31)32)22(33-15-16-5-6-19(25)20(26)13-16)21(27)23(30)29-11-7-17(8-12-29)28-9-3-2-4-10-28/h5-6,13-14,17H,2-4,7-12,15H2,1H3,(H,31,32). The Bertz CT molecular complexity index is 1020. The third-order valence-corrected chi connectivity index (χ3v) is 7.33. The second-order valence-corrected chi connectivity index (χ2v) is 9.61. The van der Waals surface area contributed by atoms with E-state index in [0.29, 0.717) is 29.2 Å². The van der Waals surface area contributed by atoms with Crippen molar-refractivity contribution in [2.24, 2.45) is 7.05 Å². The fraction of sp³-hybridized carbons (Fsp3) is 0.500. The Balaban J connectivity index is 1.50. The summed E-state index contributed by atoms with van der Waals surface area (Å²) in [5.74, 6) is -1.26. The predicted molar refractivity (Wildman–Crippen MR) is 128 cm³/mol. The number of hydrogen-bond acceptors (Lipinski definition) is 4. The lowest BCUT2D eigenvalue weighted by Gasteiger charge is -2.40. The third kappa shape index (κ3) is 5.31. The minimum absolute atomic E-state index is 0.0379. The molecule has 0 aliphatic carbocycles. The van der Waals surface area contributed by atoms with E-state index in [1.807, 2.05) is 4.90 Å². The van der Waals surface area contributed by atoms with E-state index in [4.69, 9.17) is 27.9 Å². The van der Waals surface area contributed by atoms with Gasteiger partial charge in [-0.2, -0.15) is 0 Å². The number of aryl methyl sites for hydroxylation is 1. The Morgan fingerprint density at radius 2 is 1.76 bits per heavy atom. The Morgan fingerprint density at radius 3 is 2.39 bits per heavy atom. The Labute approximate surface area is 203 Å². The van der Waals surface area contributed by atoms with Crippen molar-refractivity contribution in [1.82, 2.24) is 14.4 Å². The highest BCUT2D eigenvalue weighted by Gasteiger charge is 2.32. The first-order valence-electron chi connectivity index (χ1n) is 11.4. The number of carboxylic acid groups (broad SMARTS) is 1. The maximum absolute atomic E-state index is 13.5. The number of aromatic carboxylic acids is 1. The van der Waals surface area contributed by atoms with Crippen LogP contribution in [0.15, 0.2) is 24.4 Å². The number of carbonyl (C=O) groups is 2. The maximum Gasteiger partial charge on any atom is 0.341 e. The summed E-state index contributed by atoms with van der Waals surface area (Å²) in [5.41, 5.74) is 0.943. The summed E-state index contributed by atoms with van der Waals surface area (Å²) in [4.78, 5) is 29.7. The van der Waals surface area contributed by atoms with E-state index in [1.165, 1.54) is 25.5 Å². The van der Waals surface area contributed by atoms with E-state index in [9.17, 15) is 14.7 Å². The molecular weight excluding hydrogens is 465 g/mol. The Hall–Kier alpha value is -2.22. The summed E-state index contributed by atoms with van der Waals surface area (Å²) in [5, 5.41) is 10.5. The summed E-state index contributed by atoms with van der Waals surface area (Å²) >= 11 is 12.1. The highest BCUT2D eigenvalue weighted by atomic mass is 35.5. The van der Waals surface area contributed by atoms with Crippen molar-refractivity contribution in [3.8, 4) is 5.75 Å². The molecule has 178 valence electrons. The molecule has 0 bridgehead atoms. The van der Waals surface area contributed by atoms with Gasteiger partial charge in [0.15, 0.2) is 11.4 Å². The molecule has 1 N–H and O–H groups in total. The minimum Gasteiger partial charge on any atom is -0.486 e. The van der Waals surface area contributed by atoms with Crippen molar-refractivity contribution in [3.05, 3.63) is 51.3 Å². The van der Waals surface area contributed by atoms with Crippen LogP contribution in [0.25, 0.3) is 0 Å². The maximum atomic E-state index is 13.5. The number of piperidine rings is 2. The summed E-state index contributed by atoms with van der Waals surface area (Å²) in [6.07, 6.45) is 7.10. The quantitative estimate of drug-likeness (QED) is 0.630. The number of halogens is 2. The van der Waals surface area contributed by atoms with E-state index < -0.39 is 5.97 Å².